The van der Waals surface area contributed by atoms with Gasteiger partial charge in [0.05, 0.1) is 22.6 Å². The van der Waals surface area contributed by atoms with Crippen LogP contribution in [-0.2, 0) is 13.0 Å². The van der Waals surface area contributed by atoms with E-state index in [9.17, 15) is 4.79 Å². The topological polar surface area (TPSA) is 117 Å². The maximum atomic E-state index is 12.2. The summed E-state index contributed by atoms with van der Waals surface area (Å²) in [5, 5.41) is 13.0. The van der Waals surface area contributed by atoms with Crippen molar-refractivity contribution in [3.8, 4) is 17.1 Å². The number of nitrogens with two attached hydrogens (primary N) is 1. The molecule has 0 bridgehead atoms. The van der Waals surface area contributed by atoms with Crippen LogP contribution in [0.3, 0.4) is 0 Å². The van der Waals surface area contributed by atoms with Gasteiger partial charge in [-0.2, -0.15) is 10.2 Å². The van der Waals surface area contributed by atoms with Crippen LogP contribution in [0.15, 0.2) is 36.7 Å². The molecule has 0 saturated heterocycles. The number of anilines is 3. The first kappa shape index (κ1) is 20.6. The third-order valence-electron chi connectivity index (χ3n) is 6.64. The molecule has 0 radical (unpaired) electrons. The van der Waals surface area contributed by atoms with Crippen LogP contribution < -0.4 is 11.1 Å². The molecule has 0 aliphatic heterocycles. The molecule has 1 saturated carbocycles. The summed E-state index contributed by atoms with van der Waals surface area (Å²) < 4.78 is 3.82. The highest BCUT2D eigenvalue weighted by molar-refractivity contribution is 6.01. The Morgan fingerprint density at radius 3 is 2.65 bits per heavy atom. The number of hydrogen-bond acceptors (Lipinski definition) is 7. The summed E-state index contributed by atoms with van der Waals surface area (Å²) in [4.78, 5) is 21.1. The average Bonchev–Trinajstić information content (AvgIpc) is 3.37. The zero-order valence-corrected chi connectivity index (χ0v) is 19.2. The lowest BCUT2D eigenvalue weighted by Gasteiger charge is -2.11. The van der Waals surface area contributed by atoms with Gasteiger partial charge in [-0.15, -0.1) is 0 Å². The largest absolute Gasteiger partial charge is 0.399 e. The minimum absolute atomic E-state index is 0.154. The van der Waals surface area contributed by atoms with Crippen LogP contribution in [0.5, 0.6) is 0 Å². The molecular formula is C25H26N8O. The Labute approximate surface area is 197 Å². The Bertz CT molecular complexity index is 1410. The van der Waals surface area contributed by atoms with E-state index >= 15 is 0 Å². The van der Waals surface area contributed by atoms with E-state index in [1.54, 1.807) is 4.68 Å². The molecule has 3 aromatic heterocycles. The van der Waals surface area contributed by atoms with E-state index in [0.717, 1.165) is 51.8 Å². The molecule has 2 aliphatic rings. The fourth-order valence-electron chi connectivity index (χ4n) is 4.67. The lowest BCUT2D eigenvalue weighted by atomic mass is 10.1. The second-order valence-corrected chi connectivity index (χ2v) is 9.20. The van der Waals surface area contributed by atoms with Gasteiger partial charge in [-0.3, -0.25) is 4.79 Å². The number of aromatic nitrogens is 6. The van der Waals surface area contributed by atoms with Gasteiger partial charge in [-0.1, -0.05) is 12.1 Å². The smallest absolute Gasteiger partial charge is 0.166 e. The van der Waals surface area contributed by atoms with Crippen LogP contribution in [-0.4, -0.2) is 35.3 Å². The Hall–Kier alpha value is -4.01. The van der Waals surface area contributed by atoms with Gasteiger partial charge in [0.2, 0.25) is 0 Å². The molecular weight excluding hydrogens is 428 g/mol. The normalized spacial score (nSPS) is 15.1. The molecule has 4 aromatic rings. The summed E-state index contributed by atoms with van der Waals surface area (Å²) >= 11 is 0. The molecule has 172 valence electrons. The second-order valence-electron chi connectivity index (χ2n) is 9.20. The van der Waals surface area contributed by atoms with Gasteiger partial charge in [0.1, 0.15) is 18.0 Å². The number of fused-ring (bicyclic) bond motifs is 1. The third kappa shape index (κ3) is 3.53. The van der Waals surface area contributed by atoms with Gasteiger partial charge in [0.15, 0.2) is 11.6 Å². The van der Waals surface area contributed by atoms with Crippen molar-refractivity contribution in [1.82, 2.24) is 29.5 Å². The molecule has 9 nitrogen and oxygen atoms in total. The molecule has 6 rings (SSSR count). The summed E-state index contributed by atoms with van der Waals surface area (Å²) in [6, 6.07) is 9.66. The molecule has 0 unspecified atom stereocenters. The van der Waals surface area contributed by atoms with Crippen molar-refractivity contribution in [1.29, 1.82) is 0 Å². The number of nitrogens with one attached hydrogen (secondary N) is 1. The van der Waals surface area contributed by atoms with Crippen LogP contribution in [0.4, 0.5) is 17.3 Å². The lowest BCUT2D eigenvalue weighted by Crippen LogP contribution is -2.09. The molecule has 0 spiro atoms. The van der Waals surface area contributed by atoms with Gasteiger partial charge in [-0.25, -0.2) is 19.3 Å². The zero-order valence-electron chi connectivity index (χ0n) is 19.2. The standard InChI is InChI=1S/C25H26N8O/c1-14-24(17-5-7-18(26)8-6-17)31-32(12-16-3-4-16)25(14)29-21-11-22(28-13-27-21)33-19-9-10-20(34)23(19)15(2)30-33/h5-8,11,13,16H,3-4,9-10,12,26H2,1-2H3,(H,27,28,29). The van der Waals surface area contributed by atoms with Crippen LogP contribution in [0.2, 0.25) is 0 Å². The fourth-order valence-corrected chi connectivity index (χ4v) is 4.67. The van der Waals surface area contributed by atoms with Gasteiger partial charge < -0.3 is 11.1 Å². The van der Waals surface area contributed by atoms with Crippen molar-refractivity contribution < 1.29 is 4.79 Å². The van der Waals surface area contributed by atoms with Gasteiger partial charge in [0.25, 0.3) is 0 Å². The summed E-state index contributed by atoms with van der Waals surface area (Å²) in [6.45, 7) is 4.81. The van der Waals surface area contributed by atoms with E-state index in [2.05, 4.69) is 32.0 Å². The first-order chi connectivity index (χ1) is 16.5. The highest BCUT2D eigenvalue weighted by atomic mass is 16.1. The van der Waals surface area contributed by atoms with Crippen LogP contribution in [0.25, 0.3) is 17.1 Å². The minimum Gasteiger partial charge on any atom is -0.399 e. The highest BCUT2D eigenvalue weighted by Gasteiger charge is 2.29. The van der Waals surface area contributed by atoms with Gasteiger partial charge in [-0.05, 0) is 51.2 Å². The number of Topliss-reactive ketones (excluding diaryl/α,β-unsaturated/α-hetero) is 1. The van der Waals surface area contributed by atoms with E-state index in [1.165, 1.54) is 19.2 Å². The number of ketones is 1. The number of nitrogens with zero attached hydrogens (tertiary/aromatic N) is 6. The molecule has 0 amide bonds. The van der Waals surface area contributed by atoms with E-state index in [-0.39, 0.29) is 5.78 Å². The first-order valence-corrected chi connectivity index (χ1v) is 11.6. The Balaban J connectivity index is 1.37. The van der Waals surface area contributed by atoms with E-state index in [0.29, 0.717) is 30.4 Å². The maximum Gasteiger partial charge on any atom is 0.166 e. The number of carbonyl (C=O) groups excluding carboxylic acids is 1. The van der Waals surface area contributed by atoms with Crippen molar-refractivity contribution in [3.63, 3.8) is 0 Å². The summed E-state index contributed by atoms with van der Waals surface area (Å²) in [5.74, 6) is 3.02. The lowest BCUT2D eigenvalue weighted by molar-refractivity contribution is 0.0994. The van der Waals surface area contributed by atoms with Crippen molar-refractivity contribution in [2.24, 2.45) is 5.92 Å². The Kier molecular flexibility index (Phi) is 4.72. The van der Waals surface area contributed by atoms with Crippen LogP contribution in [0, 0.1) is 19.8 Å². The van der Waals surface area contributed by atoms with Gasteiger partial charge in [0, 0.05) is 35.8 Å². The Morgan fingerprint density at radius 2 is 1.88 bits per heavy atom. The van der Waals surface area contributed by atoms with Crippen molar-refractivity contribution in [2.45, 2.75) is 46.1 Å². The first-order valence-electron chi connectivity index (χ1n) is 11.6. The molecule has 0 atom stereocenters. The molecule has 1 aromatic carbocycles. The molecule has 34 heavy (non-hydrogen) atoms. The maximum absolute atomic E-state index is 12.2. The minimum atomic E-state index is 0.154. The van der Waals surface area contributed by atoms with E-state index < -0.39 is 0 Å². The zero-order chi connectivity index (χ0) is 23.4. The number of nitrogen functional groups attached to an aromatic ring is 1. The van der Waals surface area contributed by atoms with Crippen LogP contribution >= 0.6 is 0 Å². The summed E-state index contributed by atoms with van der Waals surface area (Å²) in [7, 11) is 0. The molecule has 3 heterocycles. The number of rotatable bonds is 6. The molecule has 3 N–H and O–H groups in total. The molecule has 9 heteroatoms. The number of benzene rings is 1. The number of hydrogen-bond donors (Lipinski definition) is 2. The van der Waals surface area contributed by atoms with E-state index in [4.69, 9.17) is 10.8 Å². The second kappa shape index (κ2) is 7.79. The third-order valence-corrected chi connectivity index (χ3v) is 6.64. The fraction of sp³-hybridized carbons (Fsp3) is 0.320. The average molecular weight is 455 g/mol. The summed E-state index contributed by atoms with van der Waals surface area (Å²) in [5.41, 5.74) is 12.0. The Morgan fingerprint density at radius 1 is 1.09 bits per heavy atom. The number of aryl methyl sites for hydroxylation is 1. The number of carbonyl (C=O) groups is 1. The molecule has 1 fully saturated rings. The molecule has 2 aliphatic carbocycles. The monoisotopic (exact) mass is 454 g/mol. The highest BCUT2D eigenvalue weighted by Crippen LogP contribution is 2.36. The predicted molar refractivity (Wildman–Crippen MR) is 129 cm³/mol. The SMILES string of the molecule is Cc1nn(-c2cc(Nc3c(C)c(-c4ccc(N)cc4)nn3CC3CC3)ncn2)c2c1C(=O)CC2. The quantitative estimate of drug-likeness (QED) is 0.423. The van der Waals surface area contributed by atoms with Crippen molar-refractivity contribution in [3.05, 3.63) is 59.2 Å². The van der Waals surface area contributed by atoms with Crippen molar-refractivity contribution >= 4 is 23.1 Å². The van der Waals surface area contributed by atoms with Crippen molar-refractivity contribution in [2.75, 3.05) is 11.1 Å². The van der Waals surface area contributed by atoms with E-state index in [1.807, 2.05) is 37.3 Å². The summed E-state index contributed by atoms with van der Waals surface area (Å²) in [6.07, 6.45) is 5.19. The van der Waals surface area contributed by atoms with Crippen LogP contribution in [0.1, 0.15) is 46.6 Å². The predicted octanol–water partition coefficient (Wildman–Crippen LogP) is 4.01. The van der Waals surface area contributed by atoms with Gasteiger partial charge >= 0.3 is 0 Å².